The number of hydrogen-bond acceptors (Lipinski definition) is 6. The molecule has 0 bridgehead atoms. The van der Waals surface area contributed by atoms with Crippen molar-refractivity contribution in [3.63, 3.8) is 0 Å². The first-order valence-corrected chi connectivity index (χ1v) is 10.8. The van der Waals surface area contributed by atoms with Gasteiger partial charge in [-0.2, -0.15) is 0 Å². The highest BCUT2D eigenvalue weighted by atomic mass is 16.5. The van der Waals surface area contributed by atoms with E-state index >= 15 is 0 Å². The quantitative estimate of drug-likeness (QED) is 0.388. The van der Waals surface area contributed by atoms with Gasteiger partial charge in [0.25, 0.3) is 0 Å². The number of para-hydroxylation sites is 2. The third kappa shape index (κ3) is 10.9. The molecule has 7 nitrogen and oxygen atoms in total. The summed E-state index contributed by atoms with van der Waals surface area (Å²) in [5.41, 5.74) is 0. The molecule has 1 aliphatic carbocycles. The Balaban J connectivity index is 0.000000461. The van der Waals surface area contributed by atoms with Crippen LogP contribution in [0, 0.1) is 5.92 Å². The van der Waals surface area contributed by atoms with E-state index in [1.54, 1.807) is 18.9 Å². The molecular weight excluding hydrogens is 384 g/mol. The van der Waals surface area contributed by atoms with E-state index in [1.807, 2.05) is 38.1 Å². The van der Waals surface area contributed by atoms with Crippen molar-refractivity contribution in [2.75, 3.05) is 27.3 Å². The molecule has 30 heavy (non-hydrogen) atoms. The summed E-state index contributed by atoms with van der Waals surface area (Å²) in [7, 11) is 3.10. The zero-order valence-corrected chi connectivity index (χ0v) is 19.5. The Morgan fingerprint density at radius 1 is 1.13 bits per heavy atom. The number of hydrogen-bond donors (Lipinski definition) is 1. The average Bonchev–Trinajstić information content (AvgIpc) is 3.47. The van der Waals surface area contributed by atoms with Gasteiger partial charge >= 0.3 is 6.09 Å². The molecule has 1 saturated heterocycles. The van der Waals surface area contributed by atoms with Crippen LogP contribution in [0.25, 0.3) is 0 Å². The van der Waals surface area contributed by atoms with Crippen LogP contribution >= 0.6 is 0 Å². The van der Waals surface area contributed by atoms with Crippen molar-refractivity contribution in [3.05, 3.63) is 24.3 Å². The van der Waals surface area contributed by atoms with Gasteiger partial charge in [0.05, 0.1) is 20.3 Å². The molecule has 7 heteroatoms. The Morgan fingerprint density at radius 3 is 2.13 bits per heavy atom. The summed E-state index contributed by atoms with van der Waals surface area (Å²) in [6.45, 7) is 9.49. The normalized spacial score (nSPS) is 17.7. The van der Waals surface area contributed by atoms with E-state index in [2.05, 4.69) is 16.8 Å². The van der Waals surface area contributed by atoms with E-state index in [4.69, 9.17) is 14.7 Å². The van der Waals surface area contributed by atoms with Crippen molar-refractivity contribution in [2.45, 2.75) is 65.9 Å². The minimum Gasteiger partial charge on any atom is -0.493 e. The SMILES string of the molecule is C/C=N/O.CC.COC(=O)N1CC[C@@H](C)C1.COc1ccccc1OC1CCCC1. The van der Waals surface area contributed by atoms with Gasteiger partial charge in [-0.05, 0) is 57.1 Å². The van der Waals surface area contributed by atoms with Crippen molar-refractivity contribution < 1.29 is 24.2 Å². The van der Waals surface area contributed by atoms with Crippen LogP contribution in [0.15, 0.2) is 29.4 Å². The van der Waals surface area contributed by atoms with Crippen molar-refractivity contribution in [3.8, 4) is 11.5 Å². The molecule has 1 heterocycles. The maximum absolute atomic E-state index is 10.9. The second-order valence-corrected chi connectivity index (χ2v) is 6.86. The van der Waals surface area contributed by atoms with Gasteiger partial charge < -0.3 is 24.3 Å². The van der Waals surface area contributed by atoms with Crippen molar-refractivity contribution in [1.82, 2.24) is 4.90 Å². The Bertz CT molecular complexity index is 585. The van der Waals surface area contributed by atoms with Crippen LogP contribution in [0.5, 0.6) is 11.5 Å². The summed E-state index contributed by atoms with van der Waals surface area (Å²) in [5, 5.41) is 10.1. The number of benzene rings is 1. The lowest BCUT2D eigenvalue weighted by Gasteiger charge is -2.15. The molecule has 2 fully saturated rings. The molecule has 1 N–H and O–H groups in total. The van der Waals surface area contributed by atoms with Gasteiger partial charge in [-0.1, -0.05) is 32.9 Å². The molecule has 1 aromatic carbocycles. The second-order valence-electron chi connectivity index (χ2n) is 6.86. The van der Waals surface area contributed by atoms with Crippen LogP contribution in [0.1, 0.15) is 59.8 Å². The van der Waals surface area contributed by atoms with Crippen LogP contribution in [0.2, 0.25) is 0 Å². The molecule has 0 spiro atoms. The third-order valence-corrected chi connectivity index (χ3v) is 4.64. The van der Waals surface area contributed by atoms with E-state index < -0.39 is 0 Å². The molecule has 1 saturated carbocycles. The number of likely N-dealkylation sites (tertiary alicyclic amines) is 1. The number of rotatable bonds is 3. The summed E-state index contributed by atoms with van der Waals surface area (Å²) < 4.78 is 15.7. The molecule has 2 aliphatic rings. The van der Waals surface area contributed by atoms with E-state index in [9.17, 15) is 4.79 Å². The van der Waals surface area contributed by atoms with Gasteiger partial charge in [-0.3, -0.25) is 0 Å². The number of carbonyl (C=O) groups is 1. The molecule has 1 atom stereocenters. The van der Waals surface area contributed by atoms with Crippen LogP contribution < -0.4 is 9.47 Å². The van der Waals surface area contributed by atoms with Gasteiger partial charge in [0, 0.05) is 19.3 Å². The van der Waals surface area contributed by atoms with E-state index in [-0.39, 0.29) is 6.09 Å². The summed E-state index contributed by atoms with van der Waals surface area (Å²) in [6.07, 6.45) is 7.56. The monoisotopic (exact) mass is 424 g/mol. The number of oxime groups is 1. The minimum absolute atomic E-state index is 0.190. The molecule has 1 aliphatic heterocycles. The molecular formula is C23H40N2O5. The first-order chi connectivity index (χ1) is 14.5. The molecule has 1 aromatic rings. The fourth-order valence-corrected chi connectivity index (χ4v) is 3.13. The zero-order valence-electron chi connectivity index (χ0n) is 19.5. The lowest BCUT2D eigenvalue weighted by atomic mass is 10.2. The number of nitrogens with zero attached hydrogens (tertiary/aromatic N) is 2. The predicted octanol–water partition coefficient (Wildman–Crippen LogP) is 5.60. The summed E-state index contributed by atoms with van der Waals surface area (Å²) in [6, 6.07) is 7.84. The molecule has 3 rings (SSSR count). The highest BCUT2D eigenvalue weighted by molar-refractivity contribution is 5.67. The van der Waals surface area contributed by atoms with Gasteiger partial charge in [0.15, 0.2) is 11.5 Å². The Hall–Kier alpha value is -2.44. The standard InChI is InChI=1S/C12H16O2.C7H13NO2.C2H5NO.C2H6/c1-13-11-8-4-5-9-12(11)14-10-6-2-3-7-10;1-6-3-4-8(5-6)7(9)10-2;1-2-3-4;1-2/h4-5,8-10H,2-3,6-7H2,1H3;6H,3-5H2,1-2H3;2,4H,1H3;1-2H3/b;;3-2+;/t;6-;;/m.1../s1. The van der Waals surface area contributed by atoms with Crippen LogP contribution in [0.3, 0.4) is 0 Å². The highest BCUT2D eigenvalue weighted by Crippen LogP contribution is 2.30. The van der Waals surface area contributed by atoms with E-state index in [1.165, 1.54) is 39.0 Å². The Morgan fingerprint density at radius 2 is 1.70 bits per heavy atom. The van der Waals surface area contributed by atoms with Crippen molar-refractivity contribution >= 4 is 12.3 Å². The smallest absolute Gasteiger partial charge is 0.409 e. The maximum atomic E-state index is 10.9. The minimum atomic E-state index is -0.190. The molecule has 0 radical (unpaired) electrons. The fourth-order valence-electron chi connectivity index (χ4n) is 3.13. The third-order valence-electron chi connectivity index (χ3n) is 4.64. The average molecular weight is 425 g/mol. The summed E-state index contributed by atoms with van der Waals surface area (Å²) >= 11 is 0. The molecule has 0 aromatic heterocycles. The lowest BCUT2D eigenvalue weighted by Crippen LogP contribution is -2.27. The maximum Gasteiger partial charge on any atom is 0.409 e. The van der Waals surface area contributed by atoms with Crippen molar-refractivity contribution in [2.24, 2.45) is 11.1 Å². The lowest BCUT2D eigenvalue weighted by molar-refractivity contribution is 0.132. The highest BCUT2D eigenvalue weighted by Gasteiger charge is 2.23. The first kappa shape index (κ1) is 27.6. The van der Waals surface area contributed by atoms with Gasteiger partial charge in [0.1, 0.15) is 0 Å². The van der Waals surface area contributed by atoms with E-state index in [0.29, 0.717) is 12.0 Å². The largest absolute Gasteiger partial charge is 0.493 e. The number of amides is 1. The van der Waals surface area contributed by atoms with E-state index in [0.717, 1.165) is 31.0 Å². The number of ether oxygens (including phenoxy) is 3. The molecule has 172 valence electrons. The predicted molar refractivity (Wildman–Crippen MR) is 121 cm³/mol. The van der Waals surface area contributed by atoms with Crippen molar-refractivity contribution in [1.29, 1.82) is 0 Å². The Kier molecular flexibility index (Phi) is 16.0. The van der Waals surface area contributed by atoms with Crippen LogP contribution in [-0.4, -0.2) is 55.8 Å². The zero-order chi connectivity index (χ0) is 22.8. The molecule has 0 unspecified atom stereocenters. The topological polar surface area (TPSA) is 80.6 Å². The number of carbonyl (C=O) groups excluding carboxylic acids is 1. The first-order valence-electron chi connectivity index (χ1n) is 10.8. The Labute approximate surface area is 182 Å². The van der Waals surface area contributed by atoms with Gasteiger partial charge in [0.2, 0.25) is 0 Å². The fraction of sp³-hybridized carbons (Fsp3) is 0.652. The van der Waals surface area contributed by atoms with Gasteiger partial charge in [-0.25, -0.2) is 4.79 Å². The summed E-state index contributed by atoms with van der Waals surface area (Å²) in [4.78, 5) is 12.6. The van der Waals surface area contributed by atoms with Crippen LogP contribution in [0.4, 0.5) is 4.79 Å². The molecule has 1 amide bonds. The second kappa shape index (κ2) is 17.4. The van der Waals surface area contributed by atoms with Gasteiger partial charge in [-0.15, -0.1) is 5.16 Å². The number of methoxy groups -OCH3 is 2. The van der Waals surface area contributed by atoms with Crippen LogP contribution in [-0.2, 0) is 4.74 Å². The summed E-state index contributed by atoms with van der Waals surface area (Å²) in [5.74, 6) is 2.35.